The monoisotopic (exact) mass is 308 g/mol. The number of ether oxygens (including phenoxy) is 2. The lowest BCUT2D eigenvalue weighted by Crippen LogP contribution is -2.08. The van der Waals surface area contributed by atoms with Gasteiger partial charge in [0.25, 0.3) is 0 Å². The number of rotatable bonds is 8. The highest BCUT2D eigenvalue weighted by atomic mass is 16.6. The standard InChI is InChI=1S/C15H20N2O5/c1-10(2)7-21-14-6-15(22-8-11(3)4)13(17(19)20)5-12(14)16-9-18/h5-6,10-11H,7-8H2,1-4H3. The fraction of sp³-hybridized carbons (Fsp3) is 0.533. The highest BCUT2D eigenvalue weighted by Gasteiger charge is 2.21. The first-order valence-corrected chi connectivity index (χ1v) is 7.01. The molecule has 0 unspecified atom stereocenters. The van der Waals surface area contributed by atoms with Gasteiger partial charge >= 0.3 is 5.69 Å². The minimum Gasteiger partial charge on any atom is -0.491 e. The topological polar surface area (TPSA) is 91.0 Å². The van der Waals surface area contributed by atoms with Gasteiger partial charge in [0.15, 0.2) is 0 Å². The maximum Gasteiger partial charge on any atom is 0.313 e. The second kappa shape index (κ2) is 8.14. The van der Waals surface area contributed by atoms with E-state index in [-0.39, 0.29) is 34.7 Å². The van der Waals surface area contributed by atoms with Gasteiger partial charge < -0.3 is 9.47 Å². The molecule has 0 aliphatic rings. The van der Waals surface area contributed by atoms with Crippen LogP contribution < -0.4 is 9.47 Å². The molecule has 7 nitrogen and oxygen atoms in total. The lowest BCUT2D eigenvalue weighted by atomic mass is 10.2. The lowest BCUT2D eigenvalue weighted by Gasteiger charge is -2.14. The van der Waals surface area contributed by atoms with Crippen molar-refractivity contribution in [3.63, 3.8) is 0 Å². The Bertz CT molecular complexity index is 544. The summed E-state index contributed by atoms with van der Waals surface area (Å²) < 4.78 is 11.0. The Morgan fingerprint density at radius 2 is 1.68 bits per heavy atom. The average molecular weight is 308 g/mol. The molecule has 0 aliphatic heterocycles. The minimum absolute atomic E-state index is 0.0687. The van der Waals surface area contributed by atoms with Gasteiger partial charge in [-0.25, -0.2) is 4.79 Å². The molecular formula is C15H20N2O5. The first-order valence-electron chi connectivity index (χ1n) is 7.01. The van der Waals surface area contributed by atoms with Crippen molar-refractivity contribution in [2.75, 3.05) is 13.2 Å². The highest BCUT2D eigenvalue weighted by Crippen LogP contribution is 2.39. The van der Waals surface area contributed by atoms with Gasteiger partial charge in [-0.05, 0) is 11.8 Å². The van der Waals surface area contributed by atoms with E-state index in [0.717, 1.165) is 6.07 Å². The van der Waals surface area contributed by atoms with E-state index < -0.39 is 4.92 Å². The van der Waals surface area contributed by atoms with Gasteiger partial charge in [-0.1, -0.05) is 27.7 Å². The zero-order valence-corrected chi connectivity index (χ0v) is 13.2. The number of carbonyl (C=O) groups excluding carboxylic acids is 1. The van der Waals surface area contributed by atoms with E-state index in [1.807, 2.05) is 27.7 Å². The van der Waals surface area contributed by atoms with Crippen LogP contribution in [0.4, 0.5) is 11.4 Å². The van der Waals surface area contributed by atoms with Crippen LogP contribution in [0.3, 0.4) is 0 Å². The van der Waals surface area contributed by atoms with Crippen LogP contribution in [-0.2, 0) is 4.79 Å². The number of nitro benzene ring substituents is 1. The summed E-state index contributed by atoms with van der Waals surface area (Å²) in [7, 11) is 0. The quantitative estimate of drug-likeness (QED) is 0.316. The molecular weight excluding hydrogens is 288 g/mol. The maximum absolute atomic E-state index is 11.1. The number of hydrogen-bond acceptors (Lipinski definition) is 6. The van der Waals surface area contributed by atoms with Crippen LogP contribution in [0.1, 0.15) is 27.7 Å². The molecule has 1 rings (SSSR count). The van der Waals surface area contributed by atoms with Crippen molar-refractivity contribution in [1.82, 2.24) is 0 Å². The van der Waals surface area contributed by atoms with Crippen LogP contribution in [0.15, 0.2) is 17.1 Å². The summed E-state index contributed by atoms with van der Waals surface area (Å²) in [5, 5.41) is 11.1. The molecule has 0 N–H and O–H groups in total. The van der Waals surface area contributed by atoms with Crippen LogP contribution >= 0.6 is 0 Å². The molecule has 1 aromatic carbocycles. The largest absolute Gasteiger partial charge is 0.491 e. The van der Waals surface area contributed by atoms with Crippen LogP contribution in [0.25, 0.3) is 0 Å². The molecule has 0 radical (unpaired) electrons. The molecule has 22 heavy (non-hydrogen) atoms. The van der Waals surface area contributed by atoms with Crippen molar-refractivity contribution in [2.24, 2.45) is 16.8 Å². The third-order valence-electron chi connectivity index (χ3n) is 2.55. The summed E-state index contributed by atoms with van der Waals surface area (Å²) in [4.78, 5) is 24.5. The summed E-state index contributed by atoms with van der Waals surface area (Å²) in [6, 6.07) is 2.56. The second-order valence-corrected chi connectivity index (χ2v) is 5.66. The predicted molar refractivity (Wildman–Crippen MR) is 81.5 cm³/mol. The van der Waals surface area contributed by atoms with Crippen molar-refractivity contribution >= 4 is 17.5 Å². The molecule has 0 bridgehead atoms. The Balaban J connectivity index is 3.24. The van der Waals surface area contributed by atoms with E-state index in [9.17, 15) is 14.9 Å². The first kappa shape index (κ1) is 17.7. The van der Waals surface area contributed by atoms with Gasteiger partial charge in [-0.3, -0.25) is 10.1 Å². The lowest BCUT2D eigenvalue weighted by molar-refractivity contribution is -0.385. The number of benzene rings is 1. The Labute approximate surface area is 129 Å². The van der Waals surface area contributed by atoms with Crippen molar-refractivity contribution in [1.29, 1.82) is 0 Å². The highest BCUT2D eigenvalue weighted by molar-refractivity contribution is 5.67. The average Bonchev–Trinajstić information content (AvgIpc) is 2.43. The van der Waals surface area contributed by atoms with Crippen molar-refractivity contribution in [3.05, 3.63) is 22.2 Å². The third kappa shape index (κ3) is 5.18. The van der Waals surface area contributed by atoms with Crippen LogP contribution in [0, 0.1) is 22.0 Å². The van der Waals surface area contributed by atoms with Gasteiger partial charge in [-0.2, -0.15) is 4.99 Å². The fourth-order valence-electron chi connectivity index (χ4n) is 1.56. The normalized spacial score (nSPS) is 10.5. The number of aliphatic imine (C=N–C) groups is 1. The molecule has 0 amide bonds. The molecule has 7 heteroatoms. The van der Waals surface area contributed by atoms with Gasteiger partial charge in [0, 0.05) is 6.07 Å². The Kier molecular flexibility index (Phi) is 6.53. The number of hydrogen-bond donors (Lipinski definition) is 0. The van der Waals surface area contributed by atoms with Crippen molar-refractivity contribution in [2.45, 2.75) is 27.7 Å². The zero-order chi connectivity index (χ0) is 16.7. The molecule has 0 saturated carbocycles. The number of isocyanates is 1. The Hall–Kier alpha value is -2.40. The fourth-order valence-corrected chi connectivity index (χ4v) is 1.56. The SMILES string of the molecule is CC(C)COc1cc(OCC(C)C)c([N+](=O)[O-])cc1N=C=O. The van der Waals surface area contributed by atoms with Crippen molar-refractivity contribution < 1.29 is 19.2 Å². The summed E-state index contributed by atoms with van der Waals surface area (Å²) >= 11 is 0. The van der Waals surface area contributed by atoms with Gasteiger partial charge in [0.1, 0.15) is 11.4 Å². The van der Waals surface area contributed by atoms with Crippen molar-refractivity contribution in [3.8, 4) is 11.5 Å². The van der Waals surface area contributed by atoms with E-state index in [1.165, 1.54) is 12.1 Å². The number of nitro groups is 1. The molecule has 1 aromatic rings. The smallest absolute Gasteiger partial charge is 0.313 e. The number of nitrogens with zero attached hydrogens (tertiary/aromatic N) is 2. The van der Waals surface area contributed by atoms with Gasteiger partial charge in [-0.15, -0.1) is 0 Å². The molecule has 0 saturated heterocycles. The molecule has 120 valence electrons. The van der Waals surface area contributed by atoms with E-state index in [0.29, 0.717) is 13.2 Å². The summed E-state index contributed by atoms with van der Waals surface area (Å²) in [6.07, 6.45) is 1.38. The maximum atomic E-state index is 11.1. The molecule has 0 fully saturated rings. The minimum atomic E-state index is -0.578. The first-order chi connectivity index (χ1) is 10.3. The summed E-state index contributed by atoms with van der Waals surface area (Å²) in [5.74, 6) is 0.833. The summed E-state index contributed by atoms with van der Waals surface area (Å²) in [5.41, 5.74) is -0.189. The third-order valence-corrected chi connectivity index (χ3v) is 2.55. The van der Waals surface area contributed by atoms with E-state index in [2.05, 4.69) is 4.99 Å². The van der Waals surface area contributed by atoms with Gasteiger partial charge in [0.05, 0.1) is 24.2 Å². The molecule has 0 heterocycles. The van der Waals surface area contributed by atoms with Gasteiger partial charge in [0.2, 0.25) is 11.8 Å². The van der Waals surface area contributed by atoms with Crippen LogP contribution in [0.2, 0.25) is 0 Å². The van der Waals surface area contributed by atoms with Crippen LogP contribution in [-0.4, -0.2) is 24.2 Å². The second-order valence-electron chi connectivity index (χ2n) is 5.66. The molecule has 0 aromatic heterocycles. The van der Waals surface area contributed by atoms with Crippen LogP contribution in [0.5, 0.6) is 11.5 Å². The van der Waals surface area contributed by atoms with E-state index in [4.69, 9.17) is 9.47 Å². The Morgan fingerprint density at radius 1 is 1.14 bits per heavy atom. The Morgan fingerprint density at radius 3 is 2.14 bits per heavy atom. The van der Waals surface area contributed by atoms with E-state index >= 15 is 0 Å². The predicted octanol–water partition coefficient (Wildman–Crippen LogP) is 3.63. The molecule has 0 atom stereocenters. The van der Waals surface area contributed by atoms with E-state index in [1.54, 1.807) is 0 Å². The zero-order valence-electron chi connectivity index (χ0n) is 13.2. The molecule has 0 spiro atoms. The molecule has 0 aliphatic carbocycles. The summed E-state index contributed by atoms with van der Waals surface area (Å²) in [6.45, 7) is 8.53.